The lowest BCUT2D eigenvalue weighted by Crippen LogP contribution is -2.51. The van der Waals surface area contributed by atoms with Gasteiger partial charge in [0.05, 0.1) is 9.53 Å². The number of ketones is 2. The zero-order valence-electron chi connectivity index (χ0n) is 26.6. The number of carbonyl (C=O) groups excluding carboxylic acids is 3. The van der Waals surface area contributed by atoms with Crippen molar-refractivity contribution in [2.75, 3.05) is 6.56 Å². The molecule has 0 bridgehead atoms. The third-order valence-electron chi connectivity index (χ3n) is 8.10. The molecule has 0 aliphatic heterocycles. The predicted molar refractivity (Wildman–Crippen MR) is 116 cm³/mol. The van der Waals surface area contributed by atoms with Crippen molar-refractivity contribution in [3.63, 3.8) is 0 Å². The third-order valence-corrected chi connectivity index (χ3v) is 8.10. The highest BCUT2D eigenvalue weighted by molar-refractivity contribution is 5.91. The van der Waals surface area contributed by atoms with Crippen LogP contribution in [0.5, 0.6) is 0 Å². The van der Waals surface area contributed by atoms with Crippen molar-refractivity contribution in [1.82, 2.24) is 0 Å². The SMILES string of the molecule is [2H]C1=C2C([2H])([2H])C[C@@H]3[C@H](CC[C@@]4(C)[C@H]3CC[C@]4([2H])C(=O)C([2H])([2H])OC(=O)C(C)(C)C)[C@@]2(C)CC([2H])([2H])C1=O. The van der Waals surface area contributed by atoms with Gasteiger partial charge in [0.25, 0.3) is 0 Å². The van der Waals surface area contributed by atoms with Crippen molar-refractivity contribution in [1.29, 1.82) is 0 Å². The Hall–Kier alpha value is -1.45. The summed E-state index contributed by atoms with van der Waals surface area (Å²) >= 11 is 0. The van der Waals surface area contributed by atoms with Gasteiger partial charge in [0.15, 0.2) is 11.6 Å². The molecular weight excluding hydrogens is 376 g/mol. The van der Waals surface area contributed by atoms with E-state index in [-0.39, 0.29) is 42.6 Å². The lowest BCUT2D eigenvalue weighted by Gasteiger charge is -2.58. The smallest absolute Gasteiger partial charge is 0.311 e. The lowest BCUT2D eigenvalue weighted by atomic mass is 9.46. The van der Waals surface area contributed by atoms with Gasteiger partial charge in [-0.15, -0.1) is 0 Å². The van der Waals surface area contributed by atoms with E-state index >= 15 is 0 Å². The Morgan fingerprint density at radius 3 is 2.63 bits per heavy atom. The van der Waals surface area contributed by atoms with E-state index in [1.807, 2.05) is 0 Å². The van der Waals surface area contributed by atoms with Crippen molar-refractivity contribution in [2.24, 2.45) is 39.9 Å². The molecule has 0 aromatic rings. The molecule has 3 fully saturated rings. The van der Waals surface area contributed by atoms with Gasteiger partial charge in [-0.05, 0) is 100 Å². The van der Waals surface area contributed by atoms with E-state index in [9.17, 15) is 15.8 Å². The zero-order valence-corrected chi connectivity index (χ0v) is 18.6. The normalized spacial score (nSPS) is 51.2. The van der Waals surface area contributed by atoms with Gasteiger partial charge in [-0.25, -0.2) is 0 Å². The van der Waals surface area contributed by atoms with Gasteiger partial charge in [-0.2, -0.15) is 0 Å². The zero-order chi connectivity index (χ0) is 29.1. The van der Waals surface area contributed by atoms with Crippen LogP contribution in [0.3, 0.4) is 0 Å². The number of carbonyl (C=O) groups is 3. The van der Waals surface area contributed by atoms with Gasteiger partial charge in [0.2, 0.25) is 0 Å². The number of hydrogen-bond acceptors (Lipinski definition) is 4. The number of Topliss-reactive ketones (excluding diaryl/α,β-unsaturated/α-hetero) is 1. The summed E-state index contributed by atoms with van der Waals surface area (Å²) in [5.41, 5.74) is -3.07. The fraction of sp³-hybridized carbons (Fsp3) is 0.808. The maximum Gasteiger partial charge on any atom is 0.311 e. The van der Waals surface area contributed by atoms with Gasteiger partial charge >= 0.3 is 5.97 Å². The van der Waals surface area contributed by atoms with E-state index in [0.717, 1.165) is 0 Å². The first-order valence-corrected chi connectivity index (χ1v) is 11.0. The van der Waals surface area contributed by atoms with Crippen LogP contribution in [0.4, 0.5) is 0 Å². The molecule has 3 saturated carbocycles. The summed E-state index contributed by atoms with van der Waals surface area (Å²) in [5.74, 6) is -5.81. The molecule has 0 aromatic heterocycles. The van der Waals surface area contributed by atoms with E-state index in [4.69, 9.17) is 14.3 Å². The van der Waals surface area contributed by atoms with Gasteiger partial charge in [-0.1, -0.05) is 19.4 Å². The third kappa shape index (κ3) is 3.39. The molecule has 166 valence electrons. The molecule has 4 heteroatoms. The van der Waals surface area contributed by atoms with Gasteiger partial charge in [0.1, 0.15) is 6.56 Å². The first kappa shape index (κ1) is 13.9. The van der Waals surface area contributed by atoms with E-state index in [2.05, 4.69) is 0 Å². The van der Waals surface area contributed by atoms with Crippen molar-refractivity contribution >= 4 is 17.5 Å². The summed E-state index contributed by atoms with van der Waals surface area (Å²) < 4.78 is 73.7. The first-order valence-electron chi connectivity index (χ1n) is 15.0. The number of allylic oxidation sites excluding steroid dienone is 1. The molecule has 4 rings (SSSR count). The second kappa shape index (κ2) is 7.31. The van der Waals surface area contributed by atoms with Crippen LogP contribution in [0, 0.1) is 39.9 Å². The Kier molecular flexibility index (Phi) is 3.37. The molecular formula is C26H38O4. The topological polar surface area (TPSA) is 60.4 Å². The minimum absolute atomic E-state index is 0.0162. The molecule has 0 unspecified atom stereocenters. The molecule has 4 nitrogen and oxygen atoms in total. The highest BCUT2D eigenvalue weighted by Crippen LogP contribution is 2.66. The number of hydrogen-bond donors (Lipinski definition) is 0. The van der Waals surface area contributed by atoms with Crippen LogP contribution in [0.25, 0.3) is 0 Å². The molecule has 30 heavy (non-hydrogen) atoms. The summed E-state index contributed by atoms with van der Waals surface area (Å²) in [6.45, 7) is 5.16. The highest BCUT2D eigenvalue weighted by Gasteiger charge is 2.60. The Morgan fingerprint density at radius 2 is 1.93 bits per heavy atom. The van der Waals surface area contributed by atoms with E-state index in [1.165, 1.54) is 0 Å². The summed E-state index contributed by atoms with van der Waals surface area (Å²) in [6.07, 6.45) is -3.39. The molecule has 0 aromatic carbocycles. The minimum atomic E-state index is -3.00. The number of ether oxygens (including phenoxy) is 1. The van der Waals surface area contributed by atoms with E-state index in [1.54, 1.807) is 34.6 Å². The lowest BCUT2D eigenvalue weighted by molar-refractivity contribution is -0.158. The maximum atomic E-state index is 13.6. The Bertz CT molecular complexity index is 1120. The molecule has 0 heterocycles. The molecule has 0 radical (unpaired) electrons. The monoisotopic (exact) mass is 422 g/mol. The Morgan fingerprint density at radius 1 is 1.20 bits per heavy atom. The second-order valence-electron chi connectivity index (χ2n) is 10.9. The van der Waals surface area contributed by atoms with Gasteiger partial charge < -0.3 is 4.74 Å². The Labute approximate surface area is 192 Å². The second-order valence-corrected chi connectivity index (χ2v) is 10.9. The standard InChI is InChI=1S/C26H38O4/c1-24(2,3)23(29)30-15-22(28)21-9-8-19-18-7-6-16-14-17(27)10-12-25(16,4)20(18)11-13-26(19,21)5/h14,18-21H,6-13,15H2,1-5H3/t18-,19-,20-,21+,25-,26-/m0/s1/i6D2,10D2,14D,15D2,21D. The number of fused-ring (bicyclic) bond motifs is 5. The van der Waals surface area contributed by atoms with Crippen LogP contribution < -0.4 is 0 Å². The minimum Gasteiger partial charge on any atom is -0.457 e. The molecule has 4 aliphatic rings. The van der Waals surface area contributed by atoms with Crippen LogP contribution in [0.2, 0.25) is 0 Å². The van der Waals surface area contributed by atoms with Gasteiger partial charge in [-0.3, -0.25) is 14.4 Å². The summed E-state index contributed by atoms with van der Waals surface area (Å²) in [6, 6.07) is -0.578. The van der Waals surface area contributed by atoms with Crippen LogP contribution in [-0.2, 0) is 19.1 Å². The van der Waals surface area contributed by atoms with Gasteiger partial charge in [0, 0.05) is 19.1 Å². The first-order chi connectivity index (χ1) is 17.0. The molecule has 6 atom stereocenters. The van der Waals surface area contributed by atoms with Crippen LogP contribution in [-0.4, -0.2) is 24.1 Å². The average Bonchev–Trinajstić information content (AvgIpc) is 3.01. The van der Waals surface area contributed by atoms with Crippen molar-refractivity contribution < 1.29 is 30.1 Å². The van der Waals surface area contributed by atoms with Crippen LogP contribution >= 0.6 is 0 Å². The van der Waals surface area contributed by atoms with E-state index < -0.39 is 65.0 Å². The van der Waals surface area contributed by atoms with Crippen LogP contribution in [0.15, 0.2) is 11.6 Å². The number of esters is 1. The number of rotatable bonds is 3. The molecule has 0 spiro atoms. The maximum absolute atomic E-state index is 13.6. The average molecular weight is 423 g/mol. The largest absolute Gasteiger partial charge is 0.457 e. The highest BCUT2D eigenvalue weighted by atomic mass is 16.5. The quantitative estimate of drug-likeness (QED) is 0.580. The molecule has 0 amide bonds. The van der Waals surface area contributed by atoms with E-state index in [0.29, 0.717) is 19.3 Å². The fourth-order valence-corrected chi connectivity index (χ4v) is 6.29. The molecule has 0 saturated heterocycles. The van der Waals surface area contributed by atoms with Crippen molar-refractivity contribution in [3.05, 3.63) is 11.6 Å². The van der Waals surface area contributed by atoms with Crippen molar-refractivity contribution in [2.45, 2.75) is 85.9 Å². The summed E-state index contributed by atoms with van der Waals surface area (Å²) in [5, 5.41) is 0. The molecule has 4 aliphatic carbocycles. The molecule has 0 N–H and O–H groups in total. The summed E-state index contributed by atoms with van der Waals surface area (Å²) in [4.78, 5) is 38.6. The Balaban J connectivity index is 1.72. The van der Waals surface area contributed by atoms with Crippen molar-refractivity contribution in [3.8, 4) is 0 Å². The van der Waals surface area contributed by atoms with Crippen LogP contribution in [0.1, 0.15) is 96.9 Å². The fourth-order valence-electron chi connectivity index (χ4n) is 6.29. The summed E-state index contributed by atoms with van der Waals surface area (Å²) in [7, 11) is 0. The predicted octanol–water partition coefficient (Wildman–Crippen LogP) is 5.29.